The minimum Gasteiger partial charge on any atom is -0.148 e. The van der Waals surface area contributed by atoms with Crippen LogP contribution in [0.3, 0.4) is 0 Å². The molecule has 20 heavy (non-hydrogen) atoms. The Kier molecular flexibility index (Phi) is 3.36. The summed E-state index contributed by atoms with van der Waals surface area (Å²) in [4.78, 5) is 0. The lowest BCUT2D eigenvalue weighted by atomic mass is 10.0. The lowest BCUT2D eigenvalue weighted by Crippen LogP contribution is -1.93. The van der Waals surface area contributed by atoms with E-state index in [-0.39, 0.29) is 0 Å². The van der Waals surface area contributed by atoms with Crippen LogP contribution in [0.4, 0.5) is 0 Å². The first-order chi connectivity index (χ1) is 9.58. The first-order valence-corrected chi connectivity index (χ1v) is 7.01. The van der Waals surface area contributed by atoms with E-state index in [9.17, 15) is 0 Å². The molecule has 0 radical (unpaired) electrons. The summed E-state index contributed by atoms with van der Waals surface area (Å²) < 4.78 is 0. The van der Waals surface area contributed by atoms with Crippen molar-refractivity contribution < 1.29 is 0 Å². The topological polar surface area (TPSA) is 25.8 Å². The summed E-state index contributed by atoms with van der Waals surface area (Å²) in [6, 6.07) is 11.8. The fraction of sp³-hybridized carbons (Fsp3) is 0.125. The molecule has 2 nitrogen and oxygen atoms in total. The van der Waals surface area contributed by atoms with E-state index < -0.39 is 0 Å². The number of rotatable bonds is 1. The number of nitrogens with zero attached hydrogens (tertiary/aromatic N) is 2. The molecule has 3 aromatic rings. The highest BCUT2D eigenvalue weighted by Gasteiger charge is 2.13. The molecule has 0 unspecified atom stereocenters. The molecule has 0 aliphatic rings. The molecule has 0 saturated carbocycles. The Morgan fingerprint density at radius 1 is 0.850 bits per heavy atom. The van der Waals surface area contributed by atoms with E-state index in [0.717, 1.165) is 27.6 Å². The number of hydrogen-bond acceptors (Lipinski definition) is 2. The normalized spacial score (nSPS) is 11.0. The van der Waals surface area contributed by atoms with Gasteiger partial charge in [-0.05, 0) is 37.1 Å². The maximum atomic E-state index is 6.38. The van der Waals surface area contributed by atoms with Crippen LogP contribution in [0.25, 0.3) is 22.0 Å². The first kappa shape index (κ1) is 13.3. The minimum atomic E-state index is 0.407. The molecule has 0 amide bonds. The average molecular weight is 303 g/mol. The van der Waals surface area contributed by atoms with Gasteiger partial charge in [-0.2, -0.15) is 0 Å². The molecule has 100 valence electrons. The van der Waals surface area contributed by atoms with Gasteiger partial charge in [-0.15, -0.1) is 10.2 Å². The van der Waals surface area contributed by atoms with Crippen molar-refractivity contribution in [1.29, 1.82) is 0 Å². The fourth-order valence-corrected chi connectivity index (χ4v) is 2.74. The van der Waals surface area contributed by atoms with E-state index in [0.29, 0.717) is 10.2 Å². The standard InChI is InChI=1S/C16H12Cl2N2/c1-9-7-13(14(17)8-10(9)2)15-11-5-3-4-6-12(11)16(18)20-19-15/h3-8H,1-2H3. The molecule has 3 rings (SSSR count). The van der Waals surface area contributed by atoms with Gasteiger partial charge in [0.2, 0.25) is 0 Å². The SMILES string of the molecule is Cc1cc(Cl)c(-c2nnc(Cl)c3ccccc23)cc1C. The third kappa shape index (κ3) is 2.15. The summed E-state index contributed by atoms with van der Waals surface area (Å²) in [6.45, 7) is 4.09. The van der Waals surface area contributed by atoms with Crippen LogP contribution in [0.5, 0.6) is 0 Å². The monoisotopic (exact) mass is 302 g/mol. The zero-order chi connectivity index (χ0) is 14.3. The molecule has 0 bridgehead atoms. The van der Waals surface area contributed by atoms with E-state index in [4.69, 9.17) is 23.2 Å². The molecule has 0 atom stereocenters. The second kappa shape index (κ2) is 5.04. The van der Waals surface area contributed by atoms with Crippen LogP contribution >= 0.6 is 23.2 Å². The van der Waals surface area contributed by atoms with Crippen LogP contribution in [0.15, 0.2) is 36.4 Å². The van der Waals surface area contributed by atoms with E-state index in [1.54, 1.807) is 0 Å². The molecule has 0 N–H and O–H groups in total. The van der Waals surface area contributed by atoms with Crippen LogP contribution in [-0.2, 0) is 0 Å². The number of halogens is 2. The Bertz CT molecular complexity index is 813. The third-order valence-corrected chi connectivity index (χ3v) is 4.07. The van der Waals surface area contributed by atoms with Crippen molar-refractivity contribution in [2.75, 3.05) is 0 Å². The number of aromatic nitrogens is 2. The number of benzene rings is 2. The zero-order valence-corrected chi connectivity index (χ0v) is 12.6. The van der Waals surface area contributed by atoms with Gasteiger partial charge < -0.3 is 0 Å². The lowest BCUT2D eigenvalue weighted by Gasteiger charge is -2.10. The Hall–Kier alpha value is -1.64. The van der Waals surface area contributed by atoms with Gasteiger partial charge in [0.25, 0.3) is 0 Å². The van der Waals surface area contributed by atoms with Crippen LogP contribution < -0.4 is 0 Å². The van der Waals surface area contributed by atoms with Crippen molar-refractivity contribution in [2.24, 2.45) is 0 Å². The van der Waals surface area contributed by atoms with E-state index in [2.05, 4.69) is 17.1 Å². The highest BCUT2D eigenvalue weighted by Crippen LogP contribution is 2.34. The molecule has 4 heteroatoms. The van der Waals surface area contributed by atoms with Gasteiger partial charge in [-0.3, -0.25) is 0 Å². The fourth-order valence-electron chi connectivity index (χ4n) is 2.23. The average Bonchev–Trinajstić information content (AvgIpc) is 2.44. The highest BCUT2D eigenvalue weighted by atomic mass is 35.5. The molecule has 0 fully saturated rings. The Labute approximate surface area is 127 Å². The van der Waals surface area contributed by atoms with Crippen molar-refractivity contribution >= 4 is 34.0 Å². The molecule has 1 heterocycles. The van der Waals surface area contributed by atoms with Crippen LogP contribution in [-0.4, -0.2) is 10.2 Å². The molecular weight excluding hydrogens is 291 g/mol. The molecule has 2 aromatic carbocycles. The van der Waals surface area contributed by atoms with Crippen LogP contribution in [0.2, 0.25) is 10.2 Å². The summed E-state index contributed by atoms with van der Waals surface area (Å²) >= 11 is 12.5. The Morgan fingerprint density at radius 3 is 2.25 bits per heavy atom. The summed E-state index contributed by atoms with van der Waals surface area (Å²) in [5, 5.41) is 11.2. The maximum Gasteiger partial charge on any atom is 0.159 e. The Morgan fingerprint density at radius 2 is 1.50 bits per heavy atom. The second-order valence-electron chi connectivity index (χ2n) is 4.80. The minimum absolute atomic E-state index is 0.407. The first-order valence-electron chi connectivity index (χ1n) is 6.26. The summed E-state index contributed by atoms with van der Waals surface area (Å²) in [5.41, 5.74) is 3.98. The number of hydrogen-bond donors (Lipinski definition) is 0. The van der Waals surface area contributed by atoms with Crippen molar-refractivity contribution in [1.82, 2.24) is 10.2 Å². The largest absolute Gasteiger partial charge is 0.159 e. The summed E-state index contributed by atoms with van der Waals surface area (Å²) in [7, 11) is 0. The molecule has 0 aliphatic heterocycles. The molecule has 0 spiro atoms. The van der Waals surface area contributed by atoms with E-state index in [1.807, 2.05) is 43.3 Å². The molecule has 1 aromatic heterocycles. The highest BCUT2D eigenvalue weighted by molar-refractivity contribution is 6.35. The van der Waals surface area contributed by atoms with Crippen LogP contribution in [0, 0.1) is 13.8 Å². The van der Waals surface area contributed by atoms with Crippen molar-refractivity contribution in [2.45, 2.75) is 13.8 Å². The number of aryl methyl sites for hydroxylation is 2. The predicted molar refractivity (Wildman–Crippen MR) is 84.5 cm³/mol. The van der Waals surface area contributed by atoms with Gasteiger partial charge in [0.15, 0.2) is 5.15 Å². The molecule has 0 saturated heterocycles. The van der Waals surface area contributed by atoms with Gasteiger partial charge in [-0.25, -0.2) is 0 Å². The van der Waals surface area contributed by atoms with Crippen molar-refractivity contribution in [3.05, 3.63) is 57.7 Å². The van der Waals surface area contributed by atoms with Gasteiger partial charge in [0.05, 0.1) is 5.02 Å². The van der Waals surface area contributed by atoms with Gasteiger partial charge in [-0.1, -0.05) is 47.5 Å². The quantitative estimate of drug-likeness (QED) is 0.616. The maximum absolute atomic E-state index is 6.38. The lowest BCUT2D eigenvalue weighted by molar-refractivity contribution is 1.06. The summed E-state index contributed by atoms with van der Waals surface area (Å²) in [5.74, 6) is 0. The van der Waals surface area contributed by atoms with Gasteiger partial charge >= 0.3 is 0 Å². The van der Waals surface area contributed by atoms with Gasteiger partial charge in [0.1, 0.15) is 5.69 Å². The van der Waals surface area contributed by atoms with Crippen LogP contribution in [0.1, 0.15) is 11.1 Å². The number of fused-ring (bicyclic) bond motifs is 1. The second-order valence-corrected chi connectivity index (χ2v) is 5.57. The van der Waals surface area contributed by atoms with Crippen molar-refractivity contribution in [3.8, 4) is 11.3 Å². The third-order valence-electron chi connectivity index (χ3n) is 3.48. The smallest absolute Gasteiger partial charge is 0.148 e. The van der Waals surface area contributed by atoms with E-state index in [1.165, 1.54) is 5.56 Å². The Balaban J connectivity index is 2.36. The van der Waals surface area contributed by atoms with Gasteiger partial charge in [0, 0.05) is 16.3 Å². The zero-order valence-electron chi connectivity index (χ0n) is 11.1. The van der Waals surface area contributed by atoms with E-state index >= 15 is 0 Å². The molecular formula is C16H12Cl2N2. The van der Waals surface area contributed by atoms with Crippen molar-refractivity contribution in [3.63, 3.8) is 0 Å². The predicted octanol–water partition coefficient (Wildman–Crippen LogP) is 5.22. The summed E-state index contributed by atoms with van der Waals surface area (Å²) in [6.07, 6.45) is 0. The molecule has 0 aliphatic carbocycles.